The third kappa shape index (κ3) is 3.34. The van der Waals surface area contributed by atoms with E-state index in [-0.39, 0.29) is 16.5 Å². The lowest BCUT2D eigenvalue weighted by Gasteiger charge is -2.23. The van der Waals surface area contributed by atoms with Crippen molar-refractivity contribution in [1.82, 2.24) is 0 Å². The first-order valence-corrected chi connectivity index (χ1v) is 8.12. The van der Waals surface area contributed by atoms with Gasteiger partial charge in [-0.25, -0.2) is 13.6 Å². The summed E-state index contributed by atoms with van der Waals surface area (Å²) in [4.78, 5) is 12.2. The molecule has 2 rings (SSSR count). The standard InChI is InChI=1S/C13H19N3O4S/c1-20-11-5-4-9(21(15,18)19)8-10(11)16-12(17)13(14)6-2-3-7-13/h4-5,8H,2-3,6-7,14H2,1H3,(H,16,17)(H2,15,18,19). The van der Waals surface area contributed by atoms with Crippen LogP contribution in [0.3, 0.4) is 0 Å². The molecular formula is C13H19N3O4S. The summed E-state index contributed by atoms with van der Waals surface area (Å²) >= 11 is 0. The van der Waals surface area contributed by atoms with Gasteiger partial charge in [-0.2, -0.15) is 0 Å². The molecular weight excluding hydrogens is 294 g/mol. The number of amides is 1. The van der Waals surface area contributed by atoms with Crippen molar-refractivity contribution in [2.45, 2.75) is 36.1 Å². The van der Waals surface area contributed by atoms with Gasteiger partial charge in [0.2, 0.25) is 15.9 Å². The first-order chi connectivity index (χ1) is 9.76. The molecule has 116 valence electrons. The minimum absolute atomic E-state index is 0.101. The van der Waals surface area contributed by atoms with E-state index >= 15 is 0 Å². The van der Waals surface area contributed by atoms with E-state index in [0.717, 1.165) is 12.8 Å². The molecule has 0 spiro atoms. The van der Waals surface area contributed by atoms with E-state index < -0.39 is 15.6 Å². The van der Waals surface area contributed by atoms with E-state index in [2.05, 4.69) is 5.32 Å². The van der Waals surface area contributed by atoms with Gasteiger partial charge in [0.25, 0.3) is 0 Å². The fourth-order valence-corrected chi connectivity index (χ4v) is 2.98. The van der Waals surface area contributed by atoms with Gasteiger partial charge < -0.3 is 15.8 Å². The molecule has 1 aliphatic carbocycles. The van der Waals surface area contributed by atoms with Crippen LogP contribution in [0, 0.1) is 0 Å². The van der Waals surface area contributed by atoms with E-state index in [9.17, 15) is 13.2 Å². The number of anilines is 1. The maximum absolute atomic E-state index is 12.3. The van der Waals surface area contributed by atoms with Crippen molar-refractivity contribution in [1.29, 1.82) is 0 Å². The normalized spacial score (nSPS) is 17.5. The van der Waals surface area contributed by atoms with Crippen LogP contribution in [0.2, 0.25) is 0 Å². The Bertz CT molecular complexity index is 651. The summed E-state index contributed by atoms with van der Waals surface area (Å²) in [5.74, 6) is 0.00205. The fourth-order valence-electron chi connectivity index (χ4n) is 2.44. The van der Waals surface area contributed by atoms with Crippen molar-refractivity contribution in [3.05, 3.63) is 18.2 Å². The lowest BCUT2D eigenvalue weighted by atomic mass is 9.98. The van der Waals surface area contributed by atoms with Gasteiger partial charge in [0.15, 0.2) is 0 Å². The second-order valence-corrected chi connectivity index (χ2v) is 6.79. The van der Waals surface area contributed by atoms with Crippen LogP contribution in [0.5, 0.6) is 5.75 Å². The van der Waals surface area contributed by atoms with Gasteiger partial charge in [-0.15, -0.1) is 0 Å². The Labute approximate surface area is 123 Å². The summed E-state index contributed by atoms with van der Waals surface area (Å²) in [6.07, 6.45) is 3.02. The maximum atomic E-state index is 12.3. The molecule has 1 saturated carbocycles. The molecule has 5 N–H and O–H groups in total. The molecule has 0 radical (unpaired) electrons. The Morgan fingerprint density at radius 1 is 1.33 bits per heavy atom. The third-order valence-electron chi connectivity index (χ3n) is 3.70. The van der Waals surface area contributed by atoms with Gasteiger partial charge in [0.1, 0.15) is 5.75 Å². The Kier molecular flexibility index (Phi) is 4.22. The molecule has 0 bridgehead atoms. The zero-order valence-corrected chi connectivity index (χ0v) is 12.6. The fraction of sp³-hybridized carbons (Fsp3) is 0.462. The van der Waals surface area contributed by atoms with Crippen molar-refractivity contribution in [2.75, 3.05) is 12.4 Å². The SMILES string of the molecule is COc1ccc(S(N)(=O)=O)cc1NC(=O)C1(N)CCCC1. The summed E-state index contributed by atoms with van der Waals surface area (Å²) in [6.45, 7) is 0. The number of ether oxygens (including phenoxy) is 1. The van der Waals surface area contributed by atoms with Crippen LogP contribution in [0.4, 0.5) is 5.69 Å². The highest BCUT2D eigenvalue weighted by Gasteiger charge is 2.37. The summed E-state index contributed by atoms with van der Waals surface area (Å²) in [5, 5.41) is 7.74. The van der Waals surface area contributed by atoms with Gasteiger partial charge in [0, 0.05) is 0 Å². The van der Waals surface area contributed by atoms with Crippen LogP contribution in [0.1, 0.15) is 25.7 Å². The predicted octanol–water partition coefficient (Wildman–Crippen LogP) is 0.553. The molecule has 8 heteroatoms. The van der Waals surface area contributed by atoms with E-state index in [1.54, 1.807) is 0 Å². The Morgan fingerprint density at radius 2 is 1.95 bits per heavy atom. The number of benzene rings is 1. The van der Waals surface area contributed by atoms with Crippen molar-refractivity contribution >= 4 is 21.6 Å². The number of hydrogen-bond acceptors (Lipinski definition) is 5. The van der Waals surface area contributed by atoms with E-state index in [0.29, 0.717) is 18.6 Å². The maximum Gasteiger partial charge on any atom is 0.244 e. The smallest absolute Gasteiger partial charge is 0.244 e. The van der Waals surface area contributed by atoms with E-state index in [1.807, 2.05) is 0 Å². The zero-order valence-electron chi connectivity index (χ0n) is 11.8. The molecule has 0 saturated heterocycles. The van der Waals surface area contributed by atoms with Gasteiger partial charge in [-0.3, -0.25) is 4.79 Å². The minimum Gasteiger partial charge on any atom is -0.495 e. The molecule has 0 heterocycles. The molecule has 1 fully saturated rings. The number of nitrogens with one attached hydrogen (secondary N) is 1. The largest absolute Gasteiger partial charge is 0.495 e. The molecule has 0 aliphatic heterocycles. The van der Waals surface area contributed by atoms with E-state index in [4.69, 9.17) is 15.6 Å². The quantitative estimate of drug-likeness (QED) is 0.748. The topological polar surface area (TPSA) is 125 Å². The molecule has 1 amide bonds. The van der Waals surface area contributed by atoms with Crippen molar-refractivity contribution < 1.29 is 17.9 Å². The van der Waals surface area contributed by atoms with Gasteiger partial charge in [-0.1, -0.05) is 12.8 Å². The number of rotatable bonds is 4. The first kappa shape index (κ1) is 15.7. The lowest BCUT2D eigenvalue weighted by molar-refractivity contribution is -0.121. The monoisotopic (exact) mass is 313 g/mol. The number of methoxy groups -OCH3 is 1. The minimum atomic E-state index is -3.86. The molecule has 0 aromatic heterocycles. The van der Waals surface area contributed by atoms with Gasteiger partial charge in [-0.05, 0) is 31.0 Å². The lowest BCUT2D eigenvalue weighted by Crippen LogP contribution is -2.48. The first-order valence-electron chi connectivity index (χ1n) is 6.57. The molecule has 1 aromatic rings. The molecule has 1 aliphatic rings. The Morgan fingerprint density at radius 3 is 2.48 bits per heavy atom. The summed E-state index contributed by atoms with van der Waals surface area (Å²) in [7, 11) is -2.43. The summed E-state index contributed by atoms with van der Waals surface area (Å²) < 4.78 is 27.9. The van der Waals surface area contributed by atoms with Crippen LogP contribution < -0.4 is 20.9 Å². The second-order valence-electron chi connectivity index (χ2n) is 5.22. The third-order valence-corrected chi connectivity index (χ3v) is 4.61. The number of sulfonamides is 1. The number of hydrogen-bond donors (Lipinski definition) is 3. The highest BCUT2D eigenvalue weighted by Crippen LogP contribution is 2.31. The highest BCUT2D eigenvalue weighted by atomic mass is 32.2. The van der Waals surface area contributed by atoms with Crippen molar-refractivity contribution in [2.24, 2.45) is 10.9 Å². The summed E-state index contributed by atoms with van der Waals surface area (Å²) in [5.41, 5.74) is 5.40. The van der Waals surface area contributed by atoms with Gasteiger partial charge in [0.05, 0.1) is 23.2 Å². The molecule has 0 atom stereocenters. The van der Waals surface area contributed by atoms with Gasteiger partial charge >= 0.3 is 0 Å². The van der Waals surface area contributed by atoms with Crippen LogP contribution in [-0.2, 0) is 14.8 Å². The number of carbonyl (C=O) groups is 1. The van der Waals surface area contributed by atoms with E-state index in [1.165, 1.54) is 25.3 Å². The molecule has 0 unspecified atom stereocenters. The molecule has 7 nitrogen and oxygen atoms in total. The van der Waals surface area contributed by atoms with Crippen LogP contribution in [0.25, 0.3) is 0 Å². The van der Waals surface area contributed by atoms with Crippen LogP contribution >= 0.6 is 0 Å². The van der Waals surface area contributed by atoms with Crippen LogP contribution in [0.15, 0.2) is 23.1 Å². The predicted molar refractivity (Wildman–Crippen MR) is 78.4 cm³/mol. The average Bonchev–Trinajstić information content (AvgIpc) is 2.86. The van der Waals surface area contributed by atoms with Crippen molar-refractivity contribution in [3.8, 4) is 5.75 Å². The second kappa shape index (κ2) is 5.63. The average molecular weight is 313 g/mol. The molecule has 21 heavy (non-hydrogen) atoms. The van der Waals surface area contributed by atoms with Crippen LogP contribution in [-0.4, -0.2) is 27.0 Å². The number of nitrogens with two attached hydrogens (primary N) is 2. The highest BCUT2D eigenvalue weighted by molar-refractivity contribution is 7.89. The molecule has 1 aromatic carbocycles. The summed E-state index contributed by atoms with van der Waals surface area (Å²) in [6, 6.07) is 4.02. The zero-order chi connectivity index (χ0) is 15.7. The number of primary sulfonamides is 1. The number of carbonyl (C=O) groups excluding carboxylic acids is 1. The Hall–Kier alpha value is -1.64. The van der Waals surface area contributed by atoms with Crippen molar-refractivity contribution in [3.63, 3.8) is 0 Å². The Balaban J connectivity index is 2.31.